The van der Waals surface area contributed by atoms with E-state index in [1.165, 1.54) is 4.90 Å². The van der Waals surface area contributed by atoms with E-state index in [0.29, 0.717) is 51.9 Å². The molecule has 10 heteroatoms. The lowest BCUT2D eigenvalue weighted by Gasteiger charge is -2.12. The molecule has 164 valence electrons. The molecule has 4 aromatic rings. The Balaban J connectivity index is 1.58. The maximum absolute atomic E-state index is 11.0. The Labute approximate surface area is 188 Å². The summed E-state index contributed by atoms with van der Waals surface area (Å²) < 4.78 is 16.6. The number of ether oxygens (including phenoxy) is 3. The van der Waals surface area contributed by atoms with Crippen molar-refractivity contribution in [3.63, 3.8) is 0 Å². The lowest BCUT2D eigenvalue weighted by molar-refractivity contribution is -0.107. The number of rotatable bonds is 8. The molecule has 0 atom stereocenters. The second-order valence-corrected chi connectivity index (χ2v) is 7.15. The number of pyridine rings is 1. The number of imidazole rings is 1. The van der Waals surface area contributed by atoms with Crippen LogP contribution in [0.3, 0.4) is 0 Å². The molecule has 0 aliphatic rings. The van der Waals surface area contributed by atoms with Crippen LogP contribution in [0.1, 0.15) is 0 Å². The van der Waals surface area contributed by atoms with Crippen molar-refractivity contribution < 1.29 is 19.0 Å². The van der Waals surface area contributed by atoms with Crippen molar-refractivity contribution in [2.45, 2.75) is 0 Å². The van der Waals surface area contributed by atoms with Gasteiger partial charge in [-0.05, 0) is 24.3 Å². The number of benzene rings is 2. The van der Waals surface area contributed by atoms with E-state index in [0.717, 1.165) is 11.0 Å². The van der Waals surface area contributed by atoms with Gasteiger partial charge in [-0.15, -0.1) is 0 Å². The molecule has 0 unspecified atom stereocenters. The van der Waals surface area contributed by atoms with Crippen molar-refractivity contribution in [3.8, 4) is 23.0 Å². The van der Waals surface area contributed by atoms with E-state index >= 15 is 0 Å². The third-order valence-electron chi connectivity index (χ3n) is 4.65. The summed E-state index contributed by atoms with van der Waals surface area (Å²) in [6, 6.07) is 12.3. The summed E-state index contributed by atoms with van der Waals surface area (Å²) in [5.41, 5.74) is 2.15. The normalized spacial score (nSPS) is 10.6. The Morgan fingerprint density at radius 2 is 1.84 bits per heavy atom. The Morgan fingerprint density at radius 3 is 2.59 bits per heavy atom. The highest BCUT2D eigenvalue weighted by Gasteiger charge is 2.13. The molecule has 0 saturated heterocycles. The van der Waals surface area contributed by atoms with Gasteiger partial charge in [-0.3, -0.25) is 4.79 Å². The first-order valence-electron chi connectivity index (χ1n) is 9.51. The maximum atomic E-state index is 11.0. The number of carbonyl (C=O) groups excluding carboxylic acids is 1. The van der Waals surface area contributed by atoms with E-state index in [-0.39, 0.29) is 0 Å². The molecule has 9 nitrogen and oxygen atoms in total. The zero-order valence-corrected chi connectivity index (χ0v) is 18.3. The van der Waals surface area contributed by atoms with E-state index in [2.05, 4.69) is 20.3 Å². The first-order chi connectivity index (χ1) is 15.5. The van der Waals surface area contributed by atoms with Crippen LogP contribution < -0.4 is 24.4 Å². The Hall–Kier alpha value is -3.98. The standard InChI is InChI=1S/C22H20ClN5O4/c1-28(12-29)21-9-14(6-7-24-21)32-13-4-5-16-17(8-13)26-22(25-16)27-18-10-15(23)19(30-2)11-20(18)31-3/h4-12H,1-3H3,(H2,25,26,27). The summed E-state index contributed by atoms with van der Waals surface area (Å²) in [4.78, 5) is 24.2. The SMILES string of the molecule is COc1cc(OC)c(Nc2nc3ccc(Oc4ccnc(N(C)C=O)c4)cc3[nH]2)cc1Cl. The van der Waals surface area contributed by atoms with E-state index in [1.807, 2.05) is 12.1 Å². The average Bonchev–Trinajstić information content (AvgIpc) is 3.20. The molecule has 2 heterocycles. The number of methoxy groups -OCH3 is 2. The number of hydrogen-bond donors (Lipinski definition) is 2. The molecule has 2 aromatic carbocycles. The smallest absolute Gasteiger partial charge is 0.215 e. The van der Waals surface area contributed by atoms with Gasteiger partial charge in [0.2, 0.25) is 12.4 Å². The van der Waals surface area contributed by atoms with Crippen molar-refractivity contribution in [2.75, 3.05) is 31.5 Å². The molecule has 0 spiro atoms. The van der Waals surface area contributed by atoms with Gasteiger partial charge in [-0.25, -0.2) is 9.97 Å². The summed E-state index contributed by atoms with van der Waals surface area (Å²) >= 11 is 6.25. The predicted octanol–water partition coefficient (Wildman–Crippen LogP) is 4.76. The lowest BCUT2D eigenvalue weighted by atomic mass is 10.2. The average molecular weight is 454 g/mol. The van der Waals surface area contributed by atoms with Crippen LogP contribution in [0, 0.1) is 0 Å². The van der Waals surface area contributed by atoms with Crippen molar-refractivity contribution in [1.29, 1.82) is 0 Å². The summed E-state index contributed by atoms with van der Waals surface area (Å²) in [6.45, 7) is 0. The molecule has 0 bridgehead atoms. The number of anilines is 3. The van der Waals surface area contributed by atoms with Crippen LogP contribution in [-0.4, -0.2) is 42.6 Å². The fourth-order valence-corrected chi connectivity index (χ4v) is 3.28. The molecule has 0 aliphatic carbocycles. The number of aromatic nitrogens is 3. The van der Waals surface area contributed by atoms with Gasteiger partial charge < -0.3 is 29.4 Å². The number of amides is 1. The fraction of sp³-hybridized carbons (Fsp3) is 0.136. The van der Waals surface area contributed by atoms with Crippen LogP contribution in [-0.2, 0) is 4.79 Å². The van der Waals surface area contributed by atoms with Gasteiger partial charge in [-0.1, -0.05) is 11.6 Å². The van der Waals surface area contributed by atoms with Gasteiger partial charge in [0.1, 0.15) is 28.8 Å². The van der Waals surface area contributed by atoms with Gasteiger partial charge in [0, 0.05) is 31.4 Å². The molecule has 32 heavy (non-hydrogen) atoms. The predicted molar refractivity (Wildman–Crippen MR) is 123 cm³/mol. The second-order valence-electron chi connectivity index (χ2n) is 6.74. The molecule has 0 saturated carbocycles. The number of hydrogen-bond acceptors (Lipinski definition) is 7. The molecular formula is C22H20ClN5O4. The minimum atomic E-state index is 0.444. The van der Waals surface area contributed by atoms with Gasteiger partial charge in [0.05, 0.1) is 36.0 Å². The van der Waals surface area contributed by atoms with Crippen molar-refractivity contribution in [3.05, 3.63) is 53.7 Å². The molecule has 4 rings (SSSR count). The van der Waals surface area contributed by atoms with Crippen molar-refractivity contribution in [1.82, 2.24) is 15.0 Å². The Kier molecular flexibility index (Phi) is 6.00. The number of fused-ring (bicyclic) bond motifs is 1. The Morgan fingerprint density at radius 1 is 1.06 bits per heavy atom. The highest BCUT2D eigenvalue weighted by molar-refractivity contribution is 6.32. The van der Waals surface area contributed by atoms with E-state index in [9.17, 15) is 4.79 Å². The molecule has 1 amide bonds. The van der Waals surface area contributed by atoms with E-state index in [1.54, 1.807) is 57.8 Å². The van der Waals surface area contributed by atoms with Crippen molar-refractivity contribution in [2.24, 2.45) is 0 Å². The highest BCUT2D eigenvalue weighted by atomic mass is 35.5. The fourth-order valence-electron chi connectivity index (χ4n) is 3.04. The first-order valence-corrected chi connectivity index (χ1v) is 9.89. The number of H-pyrrole nitrogens is 1. The van der Waals surface area contributed by atoms with Gasteiger partial charge in [-0.2, -0.15) is 0 Å². The number of nitrogens with one attached hydrogen (secondary N) is 2. The van der Waals surface area contributed by atoms with E-state index < -0.39 is 0 Å². The monoisotopic (exact) mass is 453 g/mol. The molecule has 0 aliphatic heterocycles. The molecular weight excluding hydrogens is 434 g/mol. The Bertz CT molecular complexity index is 1280. The number of carbonyl (C=O) groups is 1. The largest absolute Gasteiger partial charge is 0.495 e. The van der Waals surface area contributed by atoms with E-state index in [4.69, 9.17) is 25.8 Å². The van der Waals surface area contributed by atoms with Crippen LogP contribution in [0.15, 0.2) is 48.7 Å². The van der Waals surface area contributed by atoms with Crippen LogP contribution in [0.4, 0.5) is 17.5 Å². The maximum Gasteiger partial charge on any atom is 0.215 e. The van der Waals surface area contributed by atoms with Crippen LogP contribution in [0.25, 0.3) is 11.0 Å². The quantitative estimate of drug-likeness (QED) is 0.371. The summed E-state index contributed by atoms with van der Waals surface area (Å²) in [5, 5.41) is 3.63. The van der Waals surface area contributed by atoms with Crippen LogP contribution in [0.5, 0.6) is 23.0 Å². The zero-order chi connectivity index (χ0) is 22.7. The number of nitrogens with zero attached hydrogens (tertiary/aromatic N) is 3. The highest BCUT2D eigenvalue weighted by Crippen LogP contribution is 2.37. The summed E-state index contributed by atoms with van der Waals surface area (Å²) in [6.07, 6.45) is 2.26. The van der Waals surface area contributed by atoms with Gasteiger partial charge >= 0.3 is 0 Å². The van der Waals surface area contributed by atoms with Gasteiger partial charge in [0.15, 0.2) is 0 Å². The minimum absolute atomic E-state index is 0.444. The first kappa shape index (κ1) is 21.3. The molecule has 2 aromatic heterocycles. The zero-order valence-electron chi connectivity index (χ0n) is 17.5. The topological polar surface area (TPSA) is 102 Å². The third kappa shape index (κ3) is 4.37. The van der Waals surface area contributed by atoms with Crippen LogP contribution in [0.2, 0.25) is 5.02 Å². The summed E-state index contributed by atoms with van der Waals surface area (Å²) in [5.74, 6) is 3.22. The lowest BCUT2D eigenvalue weighted by Crippen LogP contribution is -2.14. The molecule has 0 fully saturated rings. The minimum Gasteiger partial charge on any atom is -0.495 e. The molecule has 2 N–H and O–H groups in total. The molecule has 0 radical (unpaired) electrons. The third-order valence-corrected chi connectivity index (χ3v) is 4.95. The van der Waals surface area contributed by atoms with Gasteiger partial charge in [0.25, 0.3) is 0 Å². The second kappa shape index (κ2) is 9.03. The summed E-state index contributed by atoms with van der Waals surface area (Å²) in [7, 11) is 4.72. The van der Waals surface area contributed by atoms with Crippen molar-refractivity contribution >= 4 is 46.5 Å². The number of halogens is 1. The van der Waals surface area contributed by atoms with Crippen LogP contribution >= 0.6 is 11.6 Å². The number of aromatic amines is 1.